The van der Waals surface area contributed by atoms with E-state index in [1.54, 1.807) is 19.1 Å². The summed E-state index contributed by atoms with van der Waals surface area (Å²) >= 11 is 0. The number of esters is 3. The van der Waals surface area contributed by atoms with Crippen molar-refractivity contribution < 1.29 is 52.4 Å². The molecular formula is C31H38O11. The van der Waals surface area contributed by atoms with Crippen LogP contribution in [0.25, 0.3) is 0 Å². The molecule has 11 nitrogen and oxygen atoms in total. The zero-order chi connectivity index (χ0) is 31.1. The summed E-state index contributed by atoms with van der Waals surface area (Å²) in [5.74, 6) is -3.08. The normalized spacial score (nSPS) is 27.5. The smallest absolute Gasteiger partial charge is 0.303 e. The number of Topliss-reactive ketones (excluding diaryl/α,β-unsaturated/α-hetero) is 1. The summed E-state index contributed by atoms with van der Waals surface area (Å²) in [6.45, 7) is 10.3. The number of hydrogen-bond donors (Lipinski definition) is 0. The Morgan fingerprint density at radius 1 is 1.07 bits per heavy atom. The van der Waals surface area contributed by atoms with Crippen molar-refractivity contribution in [1.29, 1.82) is 0 Å². The van der Waals surface area contributed by atoms with Crippen LogP contribution in [-0.2, 0) is 59.0 Å². The van der Waals surface area contributed by atoms with E-state index >= 15 is 0 Å². The molecule has 2 heterocycles. The van der Waals surface area contributed by atoms with Gasteiger partial charge in [0.05, 0.1) is 18.3 Å². The minimum Gasteiger partial charge on any atom is -0.462 e. The van der Waals surface area contributed by atoms with Crippen LogP contribution in [-0.4, -0.2) is 77.8 Å². The Kier molecular flexibility index (Phi) is 10.9. The summed E-state index contributed by atoms with van der Waals surface area (Å²) in [6.07, 6.45) is -1.75. The number of benzene rings is 1. The van der Waals surface area contributed by atoms with Crippen LogP contribution in [0.15, 0.2) is 55.1 Å². The van der Waals surface area contributed by atoms with Crippen molar-refractivity contribution in [2.75, 3.05) is 6.61 Å². The van der Waals surface area contributed by atoms with E-state index in [4.69, 9.17) is 28.4 Å². The van der Waals surface area contributed by atoms with Crippen molar-refractivity contribution >= 4 is 29.5 Å². The minimum atomic E-state index is -1.46. The van der Waals surface area contributed by atoms with Gasteiger partial charge in [-0.2, -0.15) is 0 Å². The largest absolute Gasteiger partial charge is 0.462 e. The Labute approximate surface area is 245 Å². The molecule has 0 N–H and O–H groups in total. The van der Waals surface area contributed by atoms with E-state index in [0.29, 0.717) is 6.42 Å². The summed E-state index contributed by atoms with van der Waals surface area (Å²) in [6, 6.07) is 9.11. The molecule has 0 aliphatic carbocycles. The zero-order valence-electron chi connectivity index (χ0n) is 24.5. The SMILES string of the molecule is C=CCC1(C)C=CC(=O)[C@@H]([C@@H](OC(C)=O)[C@@H]2OC(C[C@@](C)(COC(C)=O)OC(C)=O)[C@H](OCc3ccccc3)C2=O)O1. The van der Waals surface area contributed by atoms with Crippen LogP contribution >= 0.6 is 0 Å². The van der Waals surface area contributed by atoms with Crippen molar-refractivity contribution in [3.05, 3.63) is 60.7 Å². The van der Waals surface area contributed by atoms with Gasteiger partial charge in [0, 0.05) is 27.2 Å². The van der Waals surface area contributed by atoms with Gasteiger partial charge in [0.15, 0.2) is 29.9 Å². The lowest BCUT2D eigenvalue weighted by Gasteiger charge is -2.37. The molecule has 1 saturated heterocycles. The molecular weight excluding hydrogens is 548 g/mol. The van der Waals surface area contributed by atoms with Crippen LogP contribution < -0.4 is 0 Å². The van der Waals surface area contributed by atoms with Crippen LogP contribution in [0.3, 0.4) is 0 Å². The van der Waals surface area contributed by atoms with E-state index in [9.17, 15) is 24.0 Å². The van der Waals surface area contributed by atoms with Crippen LogP contribution in [0.5, 0.6) is 0 Å². The van der Waals surface area contributed by atoms with Gasteiger partial charge in [-0.15, -0.1) is 6.58 Å². The molecule has 0 aromatic heterocycles. The maximum Gasteiger partial charge on any atom is 0.303 e. The van der Waals surface area contributed by atoms with Crippen molar-refractivity contribution in [3.8, 4) is 0 Å². The third-order valence-electron chi connectivity index (χ3n) is 6.82. The molecule has 1 aromatic rings. The summed E-state index contributed by atoms with van der Waals surface area (Å²) in [4.78, 5) is 62.7. The van der Waals surface area contributed by atoms with E-state index in [2.05, 4.69) is 6.58 Å². The second kappa shape index (κ2) is 14.0. The first-order chi connectivity index (χ1) is 19.8. The molecule has 2 aliphatic rings. The fourth-order valence-corrected chi connectivity index (χ4v) is 5.02. The third kappa shape index (κ3) is 8.67. The number of hydrogen-bond acceptors (Lipinski definition) is 11. The number of carbonyl (C=O) groups excluding carboxylic acids is 5. The van der Waals surface area contributed by atoms with Crippen molar-refractivity contribution in [1.82, 2.24) is 0 Å². The van der Waals surface area contributed by atoms with Gasteiger partial charge in [0.25, 0.3) is 0 Å². The quantitative estimate of drug-likeness (QED) is 0.191. The fraction of sp³-hybridized carbons (Fsp3) is 0.516. The highest BCUT2D eigenvalue weighted by Crippen LogP contribution is 2.35. The highest BCUT2D eigenvalue weighted by molar-refractivity contribution is 5.97. The Bertz CT molecular complexity index is 1210. The van der Waals surface area contributed by atoms with E-state index in [1.165, 1.54) is 26.8 Å². The average Bonchev–Trinajstić information content (AvgIpc) is 3.20. The summed E-state index contributed by atoms with van der Waals surface area (Å²) in [5.41, 5.74) is -1.56. The van der Waals surface area contributed by atoms with Crippen molar-refractivity contribution in [2.45, 2.75) is 95.8 Å². The minimum absolute atomic E-state index is 0.0370. The molecule has 0 spiro atoms. The lowest BCUT2D eigenvalue weighted by molar-refractivity contribution is -0.190. The third-order valence-corrected chi connectivity index (χ3v) is 6.82. The molecule has 2 aliphatic heterocycles. The number of ether oxygens (including phenoxy) is 6. The van der Waals surface area contributed by atoms with Gasteiger partial charge in [-0.3, -0.25) is 24.0 Å². The van der Waals surface area contributed by atoms with Gasteiger partial charge in [-0.1, -0.05) is 36.4 Å². The molecule has 2 unspecified atom stereocenters. The van der Waals surface area contributed by atoms with Crippen molar-refractivity contribution in [3.63, 3.8) is 0 Å². The van der Waals surface area contributed by atoms with E-state index in [1.807, 2.05) is 30.3 Å². The predicted octanol–water partition coefficient (Wildman–Crippen LogP) is 2.97. The second-order valence-electron chi connectivity index (χ2n) is 10.9. The first-order valence-electron chi connectivity index (χ1n) is 13.6. The number of rotatable bonds is 13. The van der Waals surface area contributed by atoms with E-state index in [0.717, 1.165) is 12.5 Å². The standard InChI is InChI=1S/C31H38O11/c1-7-14-30(5)15-13-23(35)26(42-30)29(39-20(3)33)28-25(36)27(37-17-22-11-9-8-10-12-22)24(40-28)16-31(6,41-21(4)34)18-38-19(2)32/h7-13,15,24,26-29H,1,14,16-18H2,2-6H3/t24?,26-,27-,28+,29+,30?,31-/m0/s1. The molecule has 42 heavy (non-hydrogen) atoms. The van der Waals surface area contributed by atoms with Gasteiger partial charge < -0.3 is 28.4 Å². The lowest BCUT2D eigenvalue weighted by atomic mass is 9.91. The van der Waals surface area contributed by atoms with Gasteiger partial charge in [-0.25, -0.2) is 0 Å². The topological polar surface area (TPSA) is 141 Å². The molecule has 3 rings (SSSR count). The monoisotopic (exact) mass is 586 g/mol. The van der Waals surface area contributed by atoms with Crippen molar-refractivity contribution in [2.24, 2.45) is 0 Å². The Hall–Kier alpha value is -3.67. The highest BCUT2D eigenvalue weighted by Gasteiger charge is 2.55. The van der Waals surface area contributed by atoms with Crippen LogP contribution in [0.1, 0.15) is 53.0 Å². The first kappa shape index (κ1) is 32.8. The number of ketones is 2. The molecule has 0 radical (unpaired) electrons. The zero-order valence-corrected chi connectivity index (χ0v) is 24.5. The van der Waals surface area contributed by atoms with Crippen LogP contribution in [0.4, 0.5) is 0 Å². The molecule has 0 saturated carbocycles. The Balaban J connectivity index is 1.97. The maximum absolute atomic E-state index is 13.9. The van der Waals surface area contributed by atoms with Crippen LogP contribution in [0, 0.1) is 0 Å². The Morgan fingerprint density at radius 2 is 1.76 bits per heavy atom. The molecule has 11 heteroatoms. The van der Waals surface area contributed by atoms with E-state index < -0.39 is 71.2 Å². The fourth-order valence-electron chi connectivity index (χ4n) is 5.02. The molecule has 7 atom stereocenters. The Morgan fingerprint density at radius 3 is 2.36 bits per heavy atom. The van der Waals surface area contributed by atoms with Gasteiger partial charge >= 0.3 is 17.9 Å². The second-order valence-corrected chi connectivity index (χ2v) is 10.9. The number of carbonyl (C=O) groups is 5. The summed E-state index contributed by atoms with van der Waals surface area (Å²) < 4.78 is 34.5. The molecule has 228 valence electrons. The summed E-state index contributed by atoms with van der Waals surface area (Å²) in [5, 5.41) is 0. The van der Waals surface area contributed by atoms with Gasteiger partial charge in [-0.05, 0) is 38.0 Å². The summed E-state index contributed by atoms with van der Waals surface area (Å²) in [7, 11) is 0. The first-order valence-corrected chi connectivity index (χ1v) is 13.6. The molecule has 0 amide bonds. The lowest BCUT2D eigenvalue weighted by Crippen LogP contribution is -2.53. The van der Waals surface area contributed by atoms with E-state index in [-0.39, 0.29) is 19.6 Å². The molecule has 1 fully saturated rings. The van der Waals surface area contributed by atoms with Gasteiger partial charge in [0.2, 0.25) is 0 Å². The average molecular weight is 587 g/mol. The maximum atomic E-state index is 13.9. The molecule has 0 bridgehead atoms. The highest BCUT2D eigenvalue weighted by atomic mass is 16.6. The predicted molar refractivity (Wildman–Crippen MR) is 148 cm³/mol. The molecule has 1 aromatic carbocycles. The van der Waals surface area contributed by atoms with Gasteiger partial charge in [0.1, 0.15) is 18.3 Å². The van der Waals surface area contributed by atoms with Crippen LogP contribution in [0.2, 0.25) is 0 Å².